The molecular formula is C27H25Cl2FN2O4. The van der Waals surface area contributed by atoms with Gasteiger partial charge in [0.15, 0.2) is 0 Å². The summed E-state index contributed by atoms with van der Waals surface area (Å²) in [4.78, 5) is 19.9. The van der Waals surface area contributed by atoms with E-state index in [1.54, 1.807) is 50.2 Å². The molecule has 3 heterocycles. The van der Waals surface area contributed by atoms with Gasteiger partial charge in [-0.15, -0.1) is 0 Å². The Labute approximate surface area is 218 Å². The van der Waals surface area contributed by atoms with Gasteiger partial charge in [-0.1, -0.05) is 35.3 Å². The highest BCUT2D eigenvalue weighted by Crippen LogP contribution is 2.49. The molecule has 1 aromatic heterocycles. The maximum absolute atomic E-state index is 16.1. The SMILES string of the molecule is CC(C)(O)c1cc(F)c2c(c1)C(=O)N(Cc1ccc(Cl)cn1)[C@@]2(O[C@@H]1CCOC1)c1ccc(Cl)cc1. The zero-order valence-corrected chi connectivity index (χ0v) is 21.3. The lowest BCUT2D eigenvalue weighted by molar-refractivity contribution is -0.148. The number of benzene rings is 2. The highest BCUT2D eigenvalue weighted by Gasteiger charge is 2.56. The number of carbonyl (C=O) groups excluding carboxylic acids is 1. The number of fused-ring (bicyclic) bond motifs is 1. The molecule has 0 spiro atoms. The van der Waals surface area contributed by atoms with Gasteiger partial charge in [0.1, 0.15) is 5.82 Å². The van der Waals surface area contributed by atoms with Crippen molar-refractivity contribution in [3.8, 4) is 0 Å². The number of halogens is 3. The fraction of sp³-hybridized carbons (Fsp3) is 0.333. The van der Waals surface area contributed by atoms with Crippen molar-refractivity contribution in [2.24, 2.45) is 0 Å². The van der Waals surface area contributed by atoms with Gasteiger partial charge in [0.2, 0.25) is 5.72 Å². The van der Waals surface area contributed by atoms with Crippen LogP contribution < -0.4 is 0 Å². The number of rotatable bonds is 6. The molecule has 0 radical (unpaired) electrons. The number of ether oxygens (including phenoxy) is 2. The first-order valence-corrected chi connectivity index (χ1v) is 12.4. The van der Waals surface area contributed by atoms with Crippen LogP contribution in [-0.2, 0) is 27.3 Å². The van der Waals surface area contributed by atoms with Gasteiger partial charge in [0.25, 0.3) is 5.91 Å². The highest BCUT2D eigenvalue weighted by molar-refractivity contribution is 6.30. The van der Waals surface area contributed by atoms with Crippen LogP contribution in [0.25, 0.3) is 0 Å². The molecule has 1 saturated heterocycles. The van der Waals surface area contributed by atoms with E-state index in [1.165, 1.54) is 23.2 Å². The average Bonchev–Trinajstić information content (AvgIpc) is 3.42. The van der Waals surface area contributed by atoms with Gasteiger partial charge in [0.05, 0.1) is 46.7 Å². The molecule has 5 rings (SSSR count). The summed E-state index contributed by atoms with van der Waals surface area (Å²) in [6, 6.07) is 13.0. The van der Waals surface area contributed by atoms with E-state index in [-0.39, 0.29) is 29.3 Å². The zero-order valence-electron chi connectivity index (χ0n) is 19.8. The van der Waals surface area contributed by atoms with Crippen molar-refractivity contribution in [2.75, 3.05) is 13.2 Å². The topological polar surface area (TPSA) is 71.9 Å². The quantitative estimate of drug-likeness (QED) is 0.460. The second-order valence-electron chi connectivity index (χ2n) is 9.55. The van der Waals surface area contributed by atoms with Crippen LogP contribution in [-0.4, -0.2) is 40.2 Å². The van der Waals surface area contributed by atoms with Gasteiger partial charge in [-0.3, -0.25) is 14.7 Å². The third-order valence-corrected chi connectivity index (χ3v) is 7.04. The minimum atomic E-state index is -1.61. The maximum Gasteiger partial charge on any atom is 0.257 e. The number of aliphatic hydroxyl groups is 1. The number of nitrogens with zero attached hydrogens (tertiary/aromatic N) is 2. The summed E-state index contributed by atoms with van der Waals surface area (Å²) in [6.07, 6.45) is 1.70. The van der Waals surface area contributed by atoms with Crippen LogP contribution in [0, 0.1) is 5.82 Å². The second-order valence-corrected chi connectivity index (χ2v) is 10.4. The smallest absolute Gasteiger partial charge is 0.257 e. The van der Waals surface area contributed by atoms with Gasteiger partial charge in [-0.05, 0) is 62.2 Å². The molecule has 1 fully saturated rings. The Balaban J connectivity index is 1.76. The van der Waals surface area contributed by atoms with E-state index in [4.69, 9.17) is 32.7 Å². The van der Waals surface area contributed by atoms with Gasteiger partial charge in [-0.25, -0.2) is 4.39 Å². The van der Waals surface area contributed by atoms with Crippen LogP contribution >= 0.6 is 23.2 Å². The first-order valence-electron chi connectivity index (χ1n) is 11.6. The van der Waals surface area contributed by atoms with Gasteiger partial charge in [0, 0.05) is 23.4 Å². The first-order chi connectivity index (χ1) is 17.1. The number of pyridine rings is 1. The Hall–Kier alpha value is -2.55. The normalized spacial score (nSPS) is 21.8. The van der Waals surface area contributed by atoms with Crippen LogP contribution in [0.3, 0.4) is 0 Å². The molecule has 6 nitrogen and oxygen atoms in total. The van der Waals surface area contributed by atoms with Crippen molar-refractivity contribution in [1.82, 2.24) is 9.88 Å². The number of aromatic nitrogens is 1. The first kappa shape index (κ1) is 25.1. The molecule has 188 valence electrons. The molecule has 1 amide bonds. The summed E-state index contributed by atoms with van der Waals surface area (Å²) in [5, 5.41) is 11.5. The molecule has 2 aliphatic rings. The third kappa shape index (κ3) is 4.40. The number of hydrogen-bond acceptors (Lipinski definition) is 5. The van der Waals surface area contributed by atoms with Gasteiger partial charge in [-0.2, -0.15) is 0 Å². The second kappa shape index (κ2) is 9.39. The molecule has 2 aromatic carbocycles. The fourth-order valence-corrected chi connectivity index (χ4v) is 4.99. The van der Waals surface area contributed by atoms with Crippen LogP contribution in [0.1, 0.15) is 53.0 Å². The summed E-state index contributed by atoms with van der Waals surface area (Å²) in [7, 11) is 0. The monoisotopic (exact) mass is 530 g/mol. The molecule has 36 heavy (non-hydrogen) atoms. The molecule has 0 saturated carbocycles. The largest absolute Gasteiger partial charge is 0.386 e. The van der Waals surface area contributed by atoms with Crippen molar-refractivity contribution in [3.63, 3.8) is 0 Å². The fourth-order valence-electron chi connectivity index (χ4n) is 4.76. The Kier molecular flexibility index (Phi) is 6.55. The summed E-state index contributed by atoms with van der Waals surface area (Å²) in [5.74, 6) is -1.10. The Morgan fingerprint density at radius 3 is 2.53 bits per heavy atom. The van der Waals surface area contributed by atoms with Crippen molar-refractivity contribution in [3.05, 3.63) is 98.5 Å². The minimum absolute atomic E-state index is 0.0260. The summed E-state index contributed by atoms with van der Waals surface area (Å²) < 4.78 is 28.3. The highest BCUT2D eigenvalue weighted by atomic mass is 35.5. The van der Waals surface area contributed by atoms with Crippen LogP contribution in [0.4, 0.5) is 4.39 Å². The zero-order chi connectivity index (χ0) is 25.7. The average molecular weight is 531 g/mol. The van der Waals surface area contributed by atoms with E-state index < -0.39 is 23.1 Å². The Bertz CT molecular complexity index is 1290. The Morgan fingerprint density at radius 2 is 1.92 bits per heavy atom. The van der Waals surface area contributed by atoms with E-state index in [1.807, 2.05) is 0 Å². The molecule has 3 aromatic rings. The Morgan fingerprint density at radius 1 is 1.19 bits per heavy atom. The minimum Gasteiger partial charge on any atom is -0.386 e. The maximum atomic E-state index is 16.1. The van der Waals surface area contributed by atoms with E-state index in [0.717, 1.165) is 0 Å². The van der Waals surface area contributed by atoms with Gasteiger partial charge < -0.3 is 14.6 Å². The number of hydrogen-bond donors (Lipinski definition) is 1. The van der Waals surface area contributed by atoms with Crippen molar-refractivity contribution in [2.45, 2.75) is 44.2 Å². The van der Waals surface area contributed by atoms with Crippen LogP contribution in [0.5, 0.6) is 0 Å². The summed E-state index contributed by atoms with van der Waals surface area (Å²) >= 11 is 12.2. The van der Waals surface area contributed by atoms with Crippen molar-refractivity contribution >= 4 is 29.1 Å². The van der Waals surface area contributed by atoms with Crippen LogP contribution in [0.2, 0.25) is 10.0 Å². The van der Waals surface area contributed by atoms with E-state index in [9.17, 15) is 9.90 Å². The van der Waals surface area contributed by atoms with E-state index in [2.05, 4.69) is 4.98 Å². The summed E-state index contributed by atoms with van der Waals surface area (Å²) in [5.41, 5.74) is -1.39. The third-order valence-electron chi connectivity index (χ3n) is 6.56. The molecule has 2 atom stereocenters. The predicted molar refractivity (Wildman–Crippen MR) is 133 cm³/mol. The lowest BCUT2D eigenvalue weighted by Crippen LogP contribution is -2.49. The van der Waals surface area contributed by atoms with E-state index in [0.29, 0.717) is 40.9 Å². The van der Waals surface area contributed by atoms with Crippen molar-refractivity contribution in [1.29, 1.82) is 0 Å². The molecule has 0 unspecified atom stereocenters. The number of carbonyl (C=O) groups is 1. The lowest BCUT2D eigenvalue weighted by Gasteiger charge is -2.41. The molecule has 1 N–H and O–H groups in total. The standard InChI is InChI=1S/C27H25Cl2FN2O4/c1-26(2,34)17-11-22-24(23(30)12-17)27(36-21-9-10-35-15-21,16-3-5-18(28)6-4-16)32(25(22)33)14-20-8-7-19(29)13-31-20/h3-8,11-13,21,34H,9-10,14-15H2,1-2H3/t21-,27-/m1/s1. The lowest BCUT2D eigenvalue weighted by atomic mass is 9.88. The molecule has 0 bridgehead atoms. The summed E-state index contributed by atoms with van der Waals surface area (Å²) in [6.45, 7) is 3.93. The predicted octanol–water partition coefficient (Wildman–Crippen LogP) is 5.42. The molecule has 9 heteroatoms. The molecular weight excluding hydrogens is 506 g/mol. The number of amides is 1. The van der Waals surface area contributed by atoms with E-state index >= 15 is 4.39 Å². The molecule has 2 aliphatic heterocycles. The molecule has 0 aliphatic carbocycles. The van der Waals surface area contributed by atoms with Gasteiger partial charge >= 0.3 is 0 Å². The van der Waals surface area contributed by atoms with Crippen molar-refractivity contribution < 1.29 is 23.8 Å². The van der Waals surface area contributed by atoms with Crippen LogP contribution in [0.15, 0.2) is 54.7 Å².